The first kappa shape index (κ1) is 39.9. The van der Waals surface area contributed by atoms with Crippen LogP contribution in [0.25, 0.3) is 0 Å². The Kier molecular flexibility index (Phi) is 14.0. The molecule has 4 atom stereocenters. The monoisotopic (exact) mass is 737 g/mol. The van der Waals surface area contributed by atoms with Crippen molar-refractivity contribution in [3.8, 4) is 5.75 Å². The summed E-state index contributed by atoms with van der Waals surface area (Å²) in [5.41, 5.74) is 1.80. The summed E-state index contributed by atoms with van der Waals surface area (Å²) in [6, 6.07) is 37.8. The average Bonchev–Trinajstić information content (AvgIpc) is 3.53. The molecular weight excluding hydrogens is 683 g/mol. The zero-order valence-corrected chi connectivity index (χ0v) is 32.8. The minimum absolute atomic E-state index is 0.0103. The van der Waals surface area contributed by atoms with E-state index in [2.05, 4.69) is 88.4 Å². The van der Waals surface area contributed by atoms with Crippen molar-refractivity contribution in [2.45, 2.75) is 102 Å². The van der Waals surface area contributed by atoms with Gasteiger partial charge in [0.2, 0.25) is 0 Å². The van der Waals surface area contributed by atoms with Crippen LogP contribution < -0.4 is 15.1 Å². The molecule has 5 rings (SSSR count). The normalized spacial score (nSPS) is 16.5. The van der Waals surface area contributed by atoms with E-state index in [1.165, 1.54) is 10.4 Å². The second kappa shape index (κ2) is 18.7. The molecule has 4 aromatic rings. The molecule has 0 unspecified atom stereocenters. The number of rotatable bonds is 18. The Morgan fingerprint density at radius 1 is 0.830 bits per heavy atom. The van der Waals surface area contributed by atoms with Crippen molar-refractivity contribution in [3.63, 3.8) is 0 Å². The molecule has 1 aliphatic heterocycles. The van der Waals surface area contributed by atoms with Crippen LogP contribution in [0.2, 0.25) is 5.04 Å². The van der Waals surface area contributed by atoms with Gasteiger partial charge in [-0.1, -0.05) is 143 Å². The fraction of sp³-hybridized carbons (Fsp3) is 0.409. The fourth-order valence-electron chi connectivity index (χ4n) is 7.32. The van der Waals surface area contributed by atoms with Gasteiger partial charge in [0.25, 0.3) is 14.2 Å². The Morgan fingerprint density at radius 2 is 1.40 bits per heavy atom. The number of imide groups is 1. The molecule has 1 aliphatic rings. The van der Waals surface area contributed by atoms with Gasteiger partial charge >= 0.3 is 6.09 Å². The van der Waals surface area contributed by atoms with Crippen LogP contribution in [0, 0.1) is 0 Å². The Bertz CT molecular complexity index is 1670. The number of aliphatic hydroxyl groups is 1. The first-order chi connectivity index (χ1) is 25.5. The highest BCUT2D eigenvalue weighted by Gasteiger charge is 2.51. The molecular formula is C44H55NO7Si. The maximum absolute atomic E-state index is 14.1. The summed E-state index contributed by atoms with van der Waals surface area (Å²) in [7, 11) is -1.06. The molecule has 1 heterocycles. The third-order valence-electron chi connectivity index (χ3n) is 10.1. The molecule has 1 N–H and O–H groups in total. The van der Waals surface area contributed by atoms with Gasteiger partial charge in [0.15, 0.2) is 6.10 Å². The highest BCUT2D eigenvalue weighted by atomic mass is 28.4. The standard InChI is InChI=1S/C44H55NO7Si/c1-33(52-53(44(2,3)4,38-21-13-8-14-22-38)39-23-15-9-16-24-39)18-10-6-17-25-40(46)41(50-31-35-26-28-37(49-5)29-27-35)42(47)45-36(32-51-43(45)48)30-34-19-11-7-12-20-34/h7-9,11-16,19-24,26-29,33,36,40-41,46H,6,10,17-18,25,30-32H2,1-5H3/t33-,36+,40-,41+/m0/s1. The summed E-state index contributed by atoms with van der Waals surface area (Å²) in [6.07, 6.45) is 1.02. The van der Waals surface area contributed by atoms with Crippen LogP contribution >= 0.6 is 0 Å². The van der Waals surface area contributed by atoms with Crippen LogP contribution in [0.3, 0.4) is 0 Å². The van der Waals surface area contributed by atoms with E-state index in [0.29, 0.717) is 25.0 Å². The first-order valence-electron chi connectivity index (χ1n) is 18.8. The van der Waals surface area contributed by atoms with Gasteiger partial charge in [0.05, 0.1) is 25.9 Å². The number of methoxy groups -OCH3 is 1. The van der Waals surface area contributed by atoms with Gasteiger partial charge in [-0.2, -0.15) is 0 Å². The van der Waals surface area contributed by atoms with Gasteiger partial charge in [0.1, 0.15) is 12.4 Å². The number of unbranched alkanes of at least 4 members (excludes halogenated alkanes) is 2. The number of ether oxygens (including phenoxy) is 3. The van der Waals surface area contributed by atoms with Crippen LogP contribution in [0.1, 0.15) is 70.9 Å². The third kappa shape index (κ3) is 10.0. The third-order valence-corrected chi connectivity index (χ3v) is 15.3. The van der Waals surface area contributed by atoms with Crippen LogP contribution in [0.4, 0.5) is 4.79 Å². The Hall–Kier alpha value is -4.28. The van der Waals surface area contributed by atoms with Crippen molar-refractivity contribution in [1.29, 1.82) is 0 Å². The van der Waals surface area contributed by atoms with Gasteiger partial charge in [0, 0.05) is 6.10 Å². The minimum Gasteiger partial charge on any atom is -0.497 e. The van der Waals surface area contributed by atoms with Gasteiger partial charge < -0.3 is 23.7 Å². The smallest absolute Gasteiger partial charge is 0.417 e. The number of carbonyl (C=O) groups excluding carboxylic acids is 2. The van der Waals surface area contributed by atoms with Crippen LogP contribution in [0.5, 0.6) is 5.75 Å². The lowest BCUT2D eigenvalue weighted by atomic mass is 10.0. The molecule has 0 bridgehead atoms. The second-order valence-electron chi connectivity index (χ2n) is 15.0. The Morgan fingerprint density at radius 3 is 1.96 bits per heavy atom. The van der Waals surface area contributed by atoms with Crippen molar-refractivity contribution in [2.24, 2.45) is 0 Å². The molecule has 0 saturated carbocycles. The quantitative estimate of drug-likeness (QED) is 0.0838. The maximum atomic E-state index is 14.1. The number of hydrogen-bond donors (Lipinski definition) is 1. The molecule has 53 heavy (non-hydrogen) atoms. The number of cyclic esters (lactones) is 1. The number of benzene rings is 4. The molecule has 1 fully saturated rings. The molecule has 282 valence electrons. The van der Waals surface area contributed by atoms with Crippen LogP contribution in [0.15, 0.2) is 115 Å². The van der Waals surface area contributed by atoms with Crippen molar-refractivity contribution >= 4 is 30.7 Å². The van der Waals surface area contributed by atoms with Crippen LogP contribution in [-0.2, 0) is 31.7 Å². The fourth-order valence-corrected chi connectivity index (χ4v) is 12.1. The second-order valence-corrected chi connectivity index (χ2v) is 19.3. The first-order valence-corrected chi connectivity index (χ1v) is 20.7. The molecule has 8 nitrogen and oxygen atoms in total. The van der Waals surface area contributed by atoms with E-state index in [4.69, 9.17) is 18.6 Å². The SMILES string of the molecule is COc1ccc(CO[C@@H](C(=O)N2C(=O)OC[C@H]2Cc2ccccc2)[C@@H](O)CCCCC[C@H](C)O[Si](c2ccccc2)(c2ccccc2)C(C)(C)C)cc1. The highest BCUT2D eigenvalue weighted by Crippen LogP contribution is 2.38. The molecule has 0 aliphatic carbocycles. The maximum Gasteiger partial charge on any atom is 0.417 e. The predicted molar refractivity (Wildman–Crippen MR) is 211 cm³/mol. The zero-order valence-electron chi connectivity index (χ0n) is 31.8. The van der Waals surface area contributed by atoms with E-state index in [0.717, 1.165) is 35.3 Å². The van der Waals surface area contributed by atoms with E-state index in [-0.39, 0.29) is 24.4 Å². The van der Waals surface area contributed by atoms with Crippen molar-refractivity contribution in [3.05, 3.63) is 126 Å². The van der Waals surface area contributed by atoms with Crippen molar-refractivity contribution in [1.82, 2.24) is 4.90 Å². The van der Waals surface area contributed by atoms with Gasteiger partial charge in [-0.25, -0.2) is 9.69 Å². The number of aliphatic hydroxyl groups excluding tert-OH is 1. The largest absolute Gasteiger partial charge is 0.497 e. The van der Waals surface area contributed by atoms with E-state index in [1.54, 1.807) is 7.11 Å². The number of hydrogen-bond acceptors (Lipinski definition) is 7. The number of carbonyl (C=O) groups is 2. The summed E-state index contributed by atoms with van der Waals surface area (Å²) in [6.45, 7) is 9.20. The summed E-state index contributed by atoms with van der Waals surface area (Å²) >= 11 is 0. The molecule has 0 spiro atoms. The number of amides is 2. The molecule has 0 aromatic heterocycles. The molecule has 0 radical (unpaired) electrons. The highest BCUT2D eigenvalue weighted by molar-refractivity contribution is 6.99. The summed E-state index contributed by atoms with van der Waals surface area (Å²) in [4.78, 5) is 28.1. The van der Waals surface area contributed by atoms with Gasteiger partial charge in [-0.15, -0.1) is 0 Å². The Labute approximate surface area is 316 Å². The van der Waals surface area contributed by atoms with E-state index < -0.39 is 38.6 Å². The predicted octanol–water partition coefficient (Wildman–Crippen LogP) is 7.45. The lowest BCUT2D eigenvalue weighted by molar-refractivity contribution is -0.151. The average molecular weight is 738 g/mol. The zero-order chi connectivity index (χ0) is 37.8. The van der Waals surface area contributed by atoms with E-state index in [9.17, 15) is 14.7 Å². The summed E-state index contributed by atoms with van der Waals surface area (Å²) in [5, 5.41) is 13.9. The Balaban J connectivity index is 1.23. The van der Waals surface area contributed by atoms with Crippen molar-refractivity contribution in [2.75, 3.05) is 13.7 Å². The van der Waals surface area contributed by atoms with Crippen LogP contribution in [-0.4, -0.2) is 68.4 Å². The summed E-state index contributed by atoms with van der Waals surface area (Å²) < 4.78 is 24.0. The topological polar surface area (TPSA) is 94.5 Å². The molecule has 9 heteroatoms. The van der Waals surface area contributed by atoms with Gasteiger partial charge in [-0.05, 0) is 64.9 Å². The van der Waals surface area contributed by atoms with E-state index >= 15 is 0 Å². The summed E-state index contributed by atoms with van der Waals surface area (Å²) in [5.74, 6) is 0.123. The minimum atomic E-state index is -2.66. The molecule has 2 amide bonds. The van der Waals surface area contributed by atoms with Crippen molar-refractivity contribution < 1.29 is 33.3 Å². The lowest BCUT2D eigenvalue weighted by Gasteiger charge is -2.44. The van der Waals surface area contributed by atoms with Gasteiger partial charge in [-0.3, -0.25) is 4.79 Å². The van der Waals surface area contributed by atoms with E-state index in [1.807, 2.05) is 54.6 Å². The molecule has 4 aromatic carbocycles. The molecule has 1 saturated heterocycles. The number of nitrogens with zero attached hydrogens (tertiary/aromatic N) is 1. The lowest BCUT2D eigenvalue weighted by Crippen LogP contribution is -2.67.